The van der Waals surface area contributed by atoms with Crippen LogP contribution in [0.1, 0.15) is 0 Å². The van der Waals surface area contributed by atoms with Crippen LogP contribution in [0.5, 0.6) is 0 Å². The first-order chi connectivity index (χ1) is 3.35. The Bertz CT molecular complexity index is 142. The van der Waals surface area contributed by atoms with Crippen LogP contribution in [0.25, 0.3) is 4.85 Å². The minimum atomic E-state index is -0.0818. The molecule has 7 heavy (non-hydrogen) atoms. The summed E-state index contributed by atoms with van der Waals surface area (Å²) in [4.78, 5) is 2.74. The molecule has 0 radical (unpaired) electrons. The zero-order valence-electron chi connectivity index (χ0n) is 3.35. The van der Waals surface area contributed by atoms with Gasteiger partial charge in [0.25, 0.3) is 5.70 Å². The Morgan fingerprint density at radius 3 is 2.57 bits per heavy atom. The number of rotatable bonds is 0. The van der Waals surface area contributed by atoms with Crippen molar-refractivity contribution in [1.82, 2.24) is 0 Å². The van der Waals surface area contributed by atoms with E-state index in [0.29, 0.717) is 0 Å². The first kappa shape index (κ1) is 6.01. The van der Waals surface area contributed by atoms with Gasteiger partial charge in [-0.05, 0) is 0 Å². The number of halogens is 1. The number of allylic oxidation sites excluding steroid dienone is 1. The summed E-state index contributed by atoms with van der Waals surface area (Å²) in [6.45, 7) is 6.21. The van der Waals surface area contributed by atoms with Crippen molar-refractivity contribution in [3.63, 3.8) is 0 Å². The summed E-state index contributed by atoms with van der Waals surface area (Å²) < 4.78 is 0. The molecule has 0 spiro atoms. The van der Waals surface area contributed by atoms with E-state index in [1.807, 2.05) is 0 Å². The molecule has 0 aromatic rings. The molecule has 0 N–H and O–H groups in total. The van der Waals surface area contributed by atoms with Crippen molar-refractivity contribution in [2.45, 2.75) is 0 Å². The van der Waals surface area contributed by atoms with Gasteiger partial charge in [0.15, 0.2) is 0 Å². The molecular formula is C4HClN2. The largest absolute Gasteiger partial charge is 0.272 e. The van der Waals surface area contributed by atoms with Crippen molar-refractivity contribution >= 4 is 11.6 Å². The van der Waals surface area contributed by atoms with Crippen LogP contribution in [0.4, 0.5) is 0 Å². The van der Waals surface area contributed by atoms with E-state index in [2.05, 4.69) is 4.85 Å². The maximum atomic E-state index is 7.91. The third kappa shape index (κ3) is 1.81. The fourth-order valence-electron chi connectivity index (χ4n) is 0.0738. The molecule has 0 rings (SSSR count). The number of nitriles is 1. The van der Waals surface area contributed by atoms with E-state index in [0.717, 1.165) is 5.54 Å². The fourth-order valence-corrected chi connectivity index (χ4v) is 0.171. The van der Waals surface area contributed by atoms with Gasteiger partial charge in [0, 0.05) is 5.54 Å². The second kappa shape index (κ2) is 3.21. The maximum Gasteiger partial charge on any atom is 0.272 e. The normalized spacial score (nSPS) is 9.29. The molecule has 0 fully saturated rings. The quantitative estimate of drug-likeness (QED) is 0.345. The molecule has 0 aromatic heterocycles. The molecule has 3 heteroatoms. The first-order valence-electron chi connectivity index (χ1n) is 1.43. The molecule has 34 valence electrons. The average Bonchev–Trinajstić information content (AvgIpc) is 1.72. The summed E-state index contributed by atoms with van der Waals surface area (Å²) >= 11 is 4.97. The number of nitrogens with zero attached hydrogens (tertiary/aromatic N) is 2. The lowest BCUT2D eigenvalue weighted by atomic mass is 10.6. The van der Waals surface area contributed by atoms with Crippen molar-refractivity contribution in [2.75, 3.05) is 0 Å². The maximum absolute atomic E-state index is 7.91. The number of hydrogen-bond acceptors (Lipinski definition) is 1. The van der Waals surface area contributed by atoms with Crippen molar-refractivity contribution in [3.8, 4) is 6.07 Å². The molecule has 0 saturated heterocycles. The van der Waals surface area contributed by atoms with Gasteiger partial charge in [0.2, 0.25) is 0 Å². The summed E-state index contributed by atoms with van der Waals surface area (Å²) in [7, 11) is 0. The third-order valence-electron chi connectivity index (χ3n) is 0.338. The Labute approximate surface area is 46.4 Å². The summed E-state index contributed by atoms with van der Waals surface area (Å²) in [5.74, 6) is 0. The molecular weight excluding hydrogens is 112 g/mol. The highest BCUT2D eigenvalue weighted by Crippen LogP contribution is 1.93. The minimum Gasteiger partial charge on any atom is -0.226 e. The molecule has 0 unspecified atom stereocenters. The topological polar surface area (TPSA) is 28.1 Å². The predicted molar refractivity (Wildman–Crippen MR) is 26.2 cm³/mol. The lowest BCUT2D eigenvalue weighted by Gasteiger charge is -1.66. The summed E-state index contributed by atoms with van der Waals surface area (Å²) in [5.41, 5.74) is 0.870. The second-order valence-corrected chi connectivity index (χ2v) is 0.936. The van der Waals surface area contributed by atoms with E-state index >= 15 is 0 Å². The Hall–Kier alpha value is -0.990. The zero-order valence-corrected chi connectivity index (χ0v) is 4.11. The molecule has 0 amide bonds. The van der Waals surface area contributed by atoms with E-state index in [1.54, 1.807) is 6.07 Å². The highest BCUT2D eigenvalue weighted by atomic mass is 35.5. The van der Waals surface area contributed by atoms with E-state index in [1.165, 1.54) is 0 Å². The molecule has 0 heterocycles. The van der Waals surface area contributed by atoms with Gasteiger partial charge in [-0.25, -0.2) is 10.1 Å². The van der Waals surface area contributed by atoms with Crippen LogP contribution in [0.2, 0.25) is 0 Å². The molecule has 0 aromatic carbocycles. The van der Waals surface area contributed by atoms with E-state index in [4.69, 9.17) is 23.4 Å². The standard InChI is InChI=1S/C4HClN2/c1-7-4(2-5)3-6/h2H. The van der Waals surface area contributed by atoms with Crippen LogP contribution in [0.3, 0.4) is 0 Å². The SMILES string of the molecule is [C-]#[N+]C(C#N)=CCl. The Morgan fingerprint density at radius 1 is 2.00 bits per heavy atom. The molecule has 0 atom stereocenters. The van der Waals surface area contributed by atoms with Crippen LogP contribution in [0, 0.1) is 17.9 Å². The van der Waals surface area contributed by atoms with Crippen molar-refractivity contribution in [2.24, 2.45) is 0 Å². The van der Waals surface area contributed by atoms with E-state index < -0.39 is 0 Å². The first-order valence-corrected chi connectivity index (χ1v) is 1.86. The van der Waals surface area contributed by atoms with Crippen molar-refractivity contribution in [3.05, 3.63) is 22.6 Å². The minimum absolute atomic E-state index is 0.0818. The zero-order chi connectivity index (χ0) is 5.70. The average molecular weight is 113 g/mol. The van der Waals surface area contributed by atoms with E-state index in [-0.39, 0.29) is 5.70 Å². The van der Waals surface area contributed by atoms with Crippen LogP contribution in [-0.4, -0.2) is 0 Å². The highest BCUT2D eigenvalue weighted by Gasteiger charge is 1.83. The Kier molecular flexibility index (Phi) is 2.76. The van der Waals surface area contributed by atoms with Crippen molar-refractivity contribution in [1.29, 1.82) is 5.26 Å². The van der Waals surface area contributed by atoms with Gasteiger partial charge in [-0.2, -0.15) is 0 Å². The van der Waals surface area contributed by atoms with Gasteiger partial charge < -0.3 is 0 Å². The second-order valence-electron chi connectivity index (χ2n) is 0.718. The Balaban J connectivity index is 4.03. The van der Waals surface area contributed by atoms with Gasteiger partial charge in [0.05, 0.1) is 12.6 Å². The number of hydrogen-bond donors (Lipinski definition) is 0. The molecule has 2 nitrogen and oxygen atoms in total. The molecule has 0 saturated carbocycles. The van der Waals surface area contributed by atoms with Gasteiger partial charge in [-0.3, -0.25) is 0 Å². The molecule has 0 aliphatic rings. The lowest BCUT2D eigenvalue weighted by Crippen LogP contribution is -1.57. The monoisotopic (exact) mass is 112 g/mol. The van der Waals surface area contributed by atoms with Crippen LogP contribution >= 0.6 is 11.6 Å². The van der Waals surface area contributed by atoms with Crippen LogP contribution < -0.4 is 0 Å². The summed E-state index contributed by atoms with van der Waals surface area (Å²) in [6, 6.07) is 1.58. The highest BCUT2D eigenvalue weighted by molar-refractivity contribution is 6.26. The predicted octanol–water partition coefficient (Wildman–Crippen LogP) is 1.51. The van der Waals surface area contributed by atoms with E-state index in [9.17, 15) is 0 Å². The lowest BCUT2D eigenvalue weighted by molar-refractivity contribution is 1.50. The fraction of sp³-hybridized carbons (Fsp3) is 0. The van der Waals surface area contributed by atoms with Crippen molar-refractivity contribution < 1.29 is 0 Å². The van der Waals surface area contributed by atoms with Crippen LogP contribution in [0.15, 0.2) is 11.2 Å². The smallest absolute Gasteiger partial charge is 0.226 e. The molecule has 0 aliphatic heterocycles. The molecule has 0 aliphatic carbocycles. The van der Waals surface area contributed by atoms with Gasteiger partial charge in [-0.15, -0.1) is 11.6 Å². The third-order valence-corrected chi connectivity index (χ3v) is 0.545. The summed E-state index contributed by atoms with van der Waals surface area (Å²) in [5, 5.41) is 7.91. The van der Waals surface area contributed by atoms with Gasteiger partial charge >= 0.3 is 0 Å². The van der Waals surface area contributed by atoms with Gasteiger partial charge in [-0.1, -0.05) is 0 Å². The van der Waals surface area contributed by atoms with Gasteiger partial charge in [0.1, 0.15) is 0 Å². The summed E-state index contributed by atoms with van der Waals surface area (Å²) in [6.07, 6.45) is 0. The van der Waals surface area contributed by atoms with Crippen LogP contribution in [-0.2, 0) is 0 Å². The Morgan fingerprint density at radius 2 is 2.57 bits per heavy atom. The molecule has 0 bridgehead atoms.